The van der Waals surface area contributed by atoms with Crippen molar-refractivity contribution in [3.8, 4) is 17.2 Å². The Bertz CT molecular complexity index is 1870. The van der Waals surface area contributed by atoms with Gasteiger partial charge in [-0.2, -0.15) is 17.0 Å². The number of hydrogen-bond acceptors (Lipinski definition) is 6. The fraction of sp³-hybridized carbons (Fsp3) is 0.286. The predicted molar refractivity (Wildman–Crippen MR) is 174 cm³/mol. The van der Waals surface area contributed by atoms with Crippen LogP contribution >= 0.6 is 11.8 Å². The van der Waals surface area contributed by atoms with Crippen LogP contribution in [0.4, 0.5) is 0 Å². The quantitative estimate of drug-likeness (QED) is 0.174. The van der Waals surface area contributed by atoms with Crippen LogP contribution in [0.3, 0.4) is 0 Å². The molecule has 0 atom stereocenters. The highest BCUT2D eigenvalue weighted by atomic mass is 32.2. The van der Waals surface area contributed by atoms with Crippen molar-refractivity contribution in [1.29, 1.82) is 5.26 Å². The third-order valence-corrected chi connectivity index (χ3v) is 10.5. The highest BCUT2D eigenvalue weighted by molar-refractivity contribution is 7.99. The summed E-state index contributed by atoms with van der Waals surface area (Å²) in [6.45, 7) is 3.82. The molecule has 1 heterocycles. The molecule has 0 spiro atoms. The van der Waals surface area contributed by atoms with Gasteiger partial charge in [-0.05, 0) is 102 Å². The molecule has 3 aromatic carbocycles. The van der Waals surface area contributed by atoms with Crippen molar-refractivity contribution in [3.63, 3.8) is 0 Å². The highest BCUT2D eigenvalue weighted by Crippen LogP contribution is 2.51. The standard InChI is InChI=1S/C35H34N2O4S2/c1-34(2,22-36)29-18-27-8-5-15-37-33(27)31(19-29)26-7-4-6-24(16-26)17-28(21-42-23-35(13-14-35)20-32(38)39)25-9-11-30(12-10-25)43(3,40)41/h4-12,15-19H,13-14,20-21,23H2,1-3H3,(H,38,39)/b28-17+. The summed E-state index contributed by atoms with van der Waals surface area (Å²) in [6.07, 6.45) is 7.13. The molecule has 5 rings (SSSR count). The van der Waals surface area contributed by atoms with E-state index in [1.165, 1.54) is 6.26 Å². The van der Waals surface area contributed by atoms with E-state index in [4.69, 9.17) is 0 Å². The van der Waals surface area contributed by atoms with Crippen molar-refractivity contribution in [1.82, 2.24) is 4.98 Å². The summed E-state index contributed by atoms with van der Waals surface area (Å²) in [7, 11) is -3.32. The Morgan fingerprint density at radius 1 is 1.09 bits per heavy atom. The SMILES string of the molecule is CC(C)(C#N)c1cc(-c2cccc(/C=C(\CSCC3(CC(=O)O)CC3)c3ccc(S(C)(=O)=O)cc3)c2)c2ncccc2c1. The number of nitrogens with zero attached hydrogens (tertiary/aromatic N) is 2. The minimum atomic E-state index is -3.32. The molecule has 1 N–H and O–H groups in total. The van der Waals surface area contributed by atoms with E-state index < -0.39 is 21.2 Å². The van der Waals surface area contributed by atoms with Crippen molar-refractivity contribution in [2.45, 2.75) is 43.4 Å². The maximum atomic E-state index is 12.1. The number of aromatic nitrogens is 1. The normalized spacial score (nSPS) is 14.8. The molecular formula is C35H34N2O4S2. The third kappa shape index (κ3) is 7.18. The van der Waals surface area contributed by atoms with E-state index in [9.17, 15) is 23.6 Å². The Morgan fingerprint density at radius 3 is 2.49 bits per heavy atom. The number of pyridine rings is 1. The van der Waals surface area contributed by atoms with Crippen molar-refractivity contribution in [2.75, 3.05) is 17.8 Å². The first kappa shape index (κ1) is 30.5. The van der Waals surface area contributed by atoms with Gasteiger partial charge < -0.3 is 5.11 Å². The van der Waals surface area contributed by atoms with Crippen molar-refractivity contribution in [2.24, 2.45) is 5.41 Å². The lowest BCUT2D eigenvalue weighted by Crippen LogP contribution is -2.14. The number of carbonyl (C=O) groups is 1. The zero-order valence-corrected chi connectivity index (χ0v) is 26.1. The molecular weight excluding hydrogens is 577 g/mol. The van der Waals surface area contributed by atoms with Crippen LogP contribution in [0.15, 0.2) is 83.9 Å². The summed E-state index contributed by atoms with van der Waals surface area (Å²) in [6, 6.07) is 25.5. The molecule has 0 radical (unpaired) electrons. The highest BCUT2D eigenvalue weighted by Gasteiger charge is 2.44. The average molecular weight is 611 g/mol. The minimum absolute atomic E-state index is 0.127. The minimum Gasteiger partial charge on any atom is -0.481 e. The van der Waals surface area contributed by atoms with Crippen molar-refractivity contribution in [3.05, 3.63) is 95.7 Å². The van der Waals surface area contributed by atoms with E-state index in [-0.39, 0.29) is 16.7 Å². The first-order chi connectivity index (χ1) is 20.4. The van der Waals surface area contributed by atoms with Gasteiger partial charge in [-0.15, -0.1) is 0 Å². The lowest BCUT2D eigenvalue weighted by Gasteiger charge is -2.19. The molecule has 8 heteroatoms. The van der Waals surface area contributed by atoms with E-state index >= 15 is 0 Å². The third-order valence-electron chi connectivity index (χ3n) is 8.05. The van der Waals surface area contributed by atoms with Crippen molar-refractivity contribution >= 4 is 50.1 Å². The van der Waals surface area contributed by atoms with E-state index in [1.807, 2.05) is 62.4 Å². The van der Waals surface area contributed by atoms with E-state index in [2.05, 4.69) is 29.3 Å². The molecule has 1 aromatic heterocycles. The number of hydrogen-bond donors (Lipinski definition) is 1. The van der Waals surface area contributed by atoms with Crippen molar-refractivity contribution < 1.29 is 18.3 Å². The largest absolute Gasteiger partial charge is 0.481 e. The summed E-state index contributed by atoms with van der Waals surface area (Å²) in [5.74, 6) is 0.656. The maximum absolute atomic E-state index is 12.1. The molecule has 0 bridgehead atoms. The molecule has 4 aromatic rings. The molecule has 0 aliphatic heterocycles. The smallest absolute Gasteiger partial charge is 0.303 e. The van der Waals surface area contributed by atoms with Gasteiger partial charge in [-0.1, -0.05) is 42.5 Å². The van der Waals surface area contributed by atoms with Crippen LogP contribution in [-0.4, -0.2) is 42.2 Å². The van der Waals surface area contributed by atoms with Crippen LogP contribution < -0.4 is 0 Å². The summed E-state index contributed by atoms with van der Waals surface area (Å²) in [4.78, 5) is 16.3. The Morgan fingerprint density at radius 2 is 1.84 bits per heavy atom. The fourth-order valence-corrected chi connectivity index (χ4v) is 7.23. The molecule has 0 saturated heterocycles. The second-order valence-corrected chi connectivity index (χ2v) is 15.0. The predicted octanol–water partition coefficient (Wildman–Crippen LogP) is 7.64. The molecule has 1 saturated carbocycles. The number of sulfone groups is 1. The number of carboxylic acid groups (broad SMARTS) is 1. The van der Waals surface area contributed by atoms with Gasteiger partial charge in [0.05, 0.1) is 28.3 Å². The number of benzene rings is 3. The number of carboxylic acids is 1. The second kappa shape index (κ2) is 12.0. The molecule has 1 aliphatic carbocycles. The Hall–Kier alpha value is -3.93. The Kier molecular flexibility index (Phi) is 8.51. The lowest BCUT2D eigenvalue weighted by atomic mass is 9.83. The van der Waals surface area contributed by atoms with E-state index in [0.717, 1.165) is 62.9 Å². The zero-order valence-electron chi connectivity index (χ0n) is 24.5. The fourth-order valence-electron chi connectivity index (χ4n) is 5.21. The Balaban J connectivity index is 1.53. The van der Waals surface area contributed by atoms with Gasteiger partial charge in [0.15, 0.2) is 9.84 Å². The van der Waals surface area contributed by atoms with E-state index in [0.29, 0.717) is 5.75 Å². The molecule has 1 aliphatic rings. The lowest BCUT2D eigenvalue weighted by molar-refractivity contribution is -0.138. The summed E-state index contributed by atoms with van der Waals surface area (Å²) < 4.78 is 24.1. The van der Waals surface area contributed by atoms with Crippen LogP contribution in [0, 0.1) is 16.7 Å². The topological polar surface area (TPSA) is 108 Å². The van der Waals surface area contributed by atoms with Crippen LogP contribution in [0.5, 0.6) is 0 Å². The molecule has 43 heavy (non-hydrogen) atoms. The van der Waals surface area contributed by atoms with Crippen LogP contribution in [0.1, 0.15) is 49.8 Å². The van der Waals surface area contributed by atoms with E-state index in [1.54, 1.807) is 30.1 Å². The number of thioether (sulfide) groups is 1. The van der Waals surface area contributed by atoms with Gasteiger partial charge in [0, 0.05) is 29.2 Å². The van der Waals surface area contributed by atoms with Gasteiger partial charge in [-0.3, -0.25) is 9.78 Å². The second-order valence-electron chi connectivity index (χ2n) is 12.0. The zero-order chi connectivity index (χ0) is 30.8. The summed E-state index contributed by atoms with van der Waals surface area (Å²) >= 11 is 1.72. The van der Waals surface area contributed by atoms with Gasteiger partial charge >= 0.3 is 5.97 Å². The average Bonchev–Trinajstić information content (AvgIpc) is 3.74. The van der Waals surface area contributed by atoms with Gasteiger partial charge in [0.2, 0.25) is 0 Å². The molecule has 0 unspecified atom stereocenters. The van der Waals surface area contributed by atoms with Crippen LogP contribution in [-0.2, 0) is 20.0 Å². The molecule has 220 valence electrons. The van der Waals surface area contributed by atoms with Gasteiger partial charge in [-0.25, -0.2) is 8.42 Å². The Labute approximate surface area is 257 Å². The monoisotopic (exact) mass is 610 g/mol. The van der Waals surface area contributed by atoms with Crippen LogP contribution in [0.25, 0.3) is 33.7 Å². The summed E-state index contributed by atoms with van der Waals surface area (Å²) in [5, 5.41) is 20.1. The van der Waals surface area contributed by atoms with Crippen LogP contribution in [0.2, 0.25) is 0 Å². The maximum Gasteiger partial charge on any atom is 0.303 e. The molecule has 6 nitrogen and oxygen atoms in total. The molecule has 1 fully saturated rings. The first-order valence-corrected chi connectivity index (χ1v) is 17.2. The number of rotatable bonds is 11. The number of aliphatic carboxylic acids is 1. The molecule has 0 amide bonds. The summed E-state index contributed by atoms with van der Waals surface area (Å²) in [5.41, 5.74) is 5.83. The van der Waals surface area contributed by atoms with Gasteiger partial charge in [0.1, 0.15) is 0 Å². The number of fused-ring (bicyclic) bond motifs is 1. The van der Waals surface area contributed by atoms with Gasteiger partial charge in [0.25, 0.3) is 0 Å². The number of nitriles is 1. The first-order valence-electron chi connectivity index (χ1n) is 14.1.